The fourth-order valence-electron chi connectivity index (χ4n) is 8.10. The molecular weight excluding hydrogens is 422 g/mol. The van der Waals surface area contributed by atoms with Crippen molar-refractivity contribution in [2.75, 3.05) is 13.3 Å². The van der Waals surface area contributed by atoms with E-state index in [1.54, 1.807) is 0 Å². The third-order valence-electron chi connectivity index (χ3n) is 10.4. The Morgan fingerprint density at radius 2 is 0.588 bits per heavy atom. The predicted octanol–water partition coefficient (Wildman–Crippen LogP) is 11.0. The van der Waals surface area contributed by atoms with Crippen molar-refractivity contribution >= 4 is 0 Å². The summed E-state index contributed by atoms with van der Waals surface area (Å²) in [4.78, 5) is 0. The SMILES string of the molecule is FCCCCCCCCCCC1CCC(C2CCC(C3CCC(CCCCF)CC3)CC2)CC1. The second-order valence-electron chi connectivity index (χ2n) is 12.7. The minimum Gasteiger partial charge on any atom is -0.251 e. The first kappa shape index (κ1) is 28.4. The van der Waals surface area contributed by atoms with Crippen LogP contribution >= 0.6 is 0 Å². The maximum atomic E-state index is 12.4. The Morgan fingerprint density at radius 1 is 0.324 bits per heavy atom. The highest BCUT2D eigenvalue weighted by Crippen LogP contribution is 2.46. The Balaban J connectivity index is 1.19. The van der Waals surface area contributed by atoms with Crippen LogP contribution in [0.2, 0.25) is 0 Å². The molecule has 0 atom stereocenters. The van der Waals surface area contributed by atoms with Gasteiger partial charge >= 0.3 is 0 Å². The van der Waals surface area contributed by atoms with Gasteiger partial charge in [-0.3, -0.25) is 8.78 Å². The van der Waals surface area contributed by atoms with Gasteiger partial charge in [0.15, 0.2) is 0 Å². The Bertz CT molecular complexity index is 467. The molecule has 3 fully saturated rings. The fourth-order valence-corrected chi connectivity index (χ4v) is 8.10. The summed E-state index contributed by atoms with van der Waals surface area (Å²) in [5.74, 6) is 6.08. The van der Waals surface area contributed by atoms with E-state index in [2.05, 4.69) is 0 Å². The average Bonchev–Trinajstić information content (AvgIpc) is 2.89. The zero-order valence-electron chi connectivity index (χ0n) is 22.6. The third-order valence-corrected chi connectivity index (χ3v) is 10.4. The molecular formula is C32H58F2. The molecule has 0 nitrogen and oxygen atoms in total. The van der Waals surface area contributed by atoms with Crippen molar-refractivity contribution in [1.29, 1.82) is 0 Å². The lowest BCUT2D eigenvalue weighted by Crippen LogP contribution is -2.29. The largest absolute Gasteiger partial charge is 0.251 e. The van der Waals surface area contributed by atoms with Crippen LogP contribution in [0.5, 0.6) is 0 Å². The summed E-state index contributed by atoms with van der Waals surface area (Å²) in [6.45, 7) is -0.249. The third kappa shape index (κ3) is 10.5. The lowest BCUT2D eigenvalue weighted by atomic mass is 9.64. The van der Waals surface area contributed by atoms with E-state index in [4.69, 9.17) is 0 Å². The van der Waals surface area contributed by atoms with Gasteiger partial charge in [-0.25, -0.2) is 0 Å². The van der Waals surface area contributed by atoms with E-state index in [0.29, 0.717) is 0 Å². The van der Waals surface area contributed by atoms with Crippen molar-refractivity contribution in [3.63, 3.8) is 0 Å². The normalized spacial score (nSPS) is 32.6. The first-order chi connectivity index (χ1) is 16.8. The van der Waals surface area contributed by atoms with Crippen LogP contribution in [0, 0.1) is 35.5 Å². The highest BCUT2D eigenvalue weighted by Gasteiger charge is 2.34. The van der Waals surface area contributed by atoms with E-state index < -0.39 is 0 Å². The molecule has 0 aromatic heterocycles. The van der Waals surface area contributed by atoms with Gasteiger partial charge in [0.2, 0.25) is 0 Å². The van der Waals surface area contributed by atoms with Crippen LogP contribution in [0.15, 0.2) is 0 Å². The van der Waals surface area contributed by atoms with Gasteiger partial charge in [0.25, 0.3) is 0 Å². The number of alkyl halides is 2. The van der Waals surface area contributed by atoms with E-state index in [-0.39, 0.29) is 13.3 Å². The lowest BCUT2D eigenvalue weighted by molar-refractivity contribution is 0.102. The van der Waals surface area contributed by atoms with Crippen molar-refractivity contribution < 1.29 is 8.78 Å². The quantitative estimate of drug-likeness (QED) is 0.193. The molecule has 2 heteroatoms. The summed E-state index contributed by atoms with van der Waals surface area (Å²) in [6.07, 6.45) is 32.7. The van der Waals surface area contributed by atoms with Gasteiger partial charge in [-0.2, -0.15) is 0 Å². The molecule has 0 N–H and O–H groups in total. The van der Waals surface area contributed by atoms with Gasteiger partial charge in [0, 0.05) is 0 Å². The van der Waals surface area contributed by atoms with Crippen molar-refractivity contribution in [2.45, 2.75) is 154 Å². The molecule has 0 aromatic rings. The van der Waals surface area contributed by atoms with Crippen molar-refractivity contribution in [2.24, 2.45) is 35.5 Å². The minimum absolute atomic E-state index is 0.120. The van der Waals surface area contributed by atoms with E-state index in [1.807, 2.05) is 0 Å². The van der Waals surface area contributed by atoms with Crippen LogP contribution < -0.4 is 0 Å². The Labute approximate surface area is 211 Å². The van der Waals surface area contributed by atoms with Crippen molar-refractivity contribution in [3.05, 3.63) is 0 Å². The smallest absolute Gasteiger partial charge is 0.0894 e. The molecule has 34 heavy (non-hydrogen) atoms. The Morgan fingerprint density at radius 3 is 0.971 bits per heavy atom. The molecule has 0 aliphatic heterocycles. The first-order valence-corrected chi connectivity index (χ1v) is 15.9. The van der Waals surface area contributed by atoms with Gasteiger partial charge < -0.3 is 0 Å². The number of unbranched alkanes of at least 4 members (excludes halogenated alkanes) is 8. The lowest BCUT2D eigenvalue weighted by Gasteiger charge is -2.41. The minimum atomic E-state index is -0.130. The van der Waals surface area contributed by atoms with Crippen LogP contribution in [-0.2, 0) is 0 Å². The van der Waals surface area contributed by atoms with Crippen LogP contribution in [0.25, 0.3) is 0 Å². The second-order valence-corrected chi connectivity index (χ2v) is 12.7. The average molecular weight is 481 g/mol. The molecule has 3 aliphatic rings. The Kier molecular flexibility index (Phi) is 14.5. The highest BCUT2D eigenvalue weighted by molar-refractivity contribution is 4.86. The molecule has 3 aliphatic carbocycles. The van der Waals surface area contributed by atoms with E-state index in [1.165, 1.54) is 128 Å². The monoisotopic (exact) mass is 480 g/mol. The van der Waals surface area contributed by atoms with Crippen LogP contribution in [0.3, 0.4) is 0 Å². The molecule has 3 saturated carbocycles. The van der Waals surface area contributed by atoms with Gasteiger partial charge in [0.1, 0.15) is 0 Å². The van der Waals surface area contributed by atoms with Crippen LogP contribution in [0.4, 0.5) is 8.78 Å². The number of rotatable bonds is 16. The van der Waals surface area contributed by atoms with Gasteiger partial charge in [-0.1, -0.05) is 89.9 Å². The van der Waals surface area contributed by atoms with E-state index in [0.717, 1.165) is 61.2 Å². The summed E-state index contributed by atoms with van der Waals surface area (Å²) in [7, 11) is 0. The van der Waals surface area contributed by atoms with Gasteiger partial charge in [-0.15, -0.1) is 0 Å². The maximum absolute atomic E-state index is 12.4. The second kappa shape index (κ2) is 17.3. The van der Waals surface area contributed by atoms with Crippen molar-refractivity contribution in [1.82, 2.24) is 0 Å². The molecule has 0 radical (unpaired) electrons. The summed E-state index contributed by atoms with van der Waals surface area (Å²) >= 11 is 0. The molecule has 0 bridgehead atoms. The molecule has 0 aromatic carbocycles. The van der Waals surface area contributed by atoms with Crippen molar-refractivity contribution in [3.8, 4) is 0 Å². The fraction of sp³-hybridized carbons (Fsp3) is 1.00. The maximum Gasteiger partial charge on any atom is 0.0894 e. The summed E-state index contributed by atoms with van der Waals surface area (Å²) in [5, 5.41) is 0. The van der Waals surface area contributed by atoms with Gasteiger partial charge in [-0.05, 0) is 99.7 Å². The highest BCUT2D eigenvalue weighted by atomic mass is 19.1. The number of hydrogen-bond donors (Lipinski definition) is 0. The molecule has 0 heterocycles. The molecule has 3 rings (SSSR count). The molecule has 0 unspecified atom stereocenters. The predicted molar refractivity (Wildman–Crippen MR) is 144 cm³/mol. The summed E-state index contributed by atoms with van der Waals surface area (Å²) < 4.78 is 24.5. The zero-order chi connectivity index (χ0) is 23.8. The number of hydrogen-bond acceptors (Lipinski definition) is 0. The van der Waals surface area contributed by atoms with E-state index >= 15 is 0 Å². The number of halogens is 2. The topological polar surface area (TPSA) is 0 Å². The zero-order valence-corrected chi connectivity index (χ0v) is 22.6. The molecule has 200 valence electrons. The molecule has 0 spiro atoms. The van der Waals surface area contributed by atoms with Crippen LogP contribution in [0.1, 0.15) is 154 Å². The van der Waals surface area contributed by atoms with Gasteiger partial charge in [0.05, 0.1) is 13.3 Å². The Hall–Kier alpha value is -0.140. The standard InChI is InChI=1S/C32H58F2/c33-25-9-6-4-2-1-3-5-7-11-27-13-17-29(18-14-27)31-21-23-32(24-22-31)30-19-15-28(16-20-30)12-8-10-26-34/h27-32H,1-26H2. The summed E-state index contributed by atoms with van der Waals surface area (Å²) in [5.41, 5.74) is 0. The first-order valence-electron chi connectivity index (χ1n) is 15.9. The summed E-state index contributed by atoms with van der Waals surface area (Å²) in [6, 6.07) is 0. The molecule has 0 saturated heterocycles. The van der Waals surface area contributed by atoms with E-state index in [9.17, 15) is 8.78 Å². The van der Waals surface area contributed by atoms with Crippen LogP contribution in [-0.4, -0.2) is 13.3 Å². The molecule has 0 amide bonds.